The van der Waals surface area contributed by atoms with Crippen LogP contribution >= 0.6 is 0 Å². The van der Waals surface area contributed by atoms with Gasteiger partial charge in [0.1, 0.15) is 6.04 Å². The highest BCUT2D eigenvalue weighted by atomic mass is 32.2. The van der Waals surface area contributed by atoms with Gasteiger partial charge < -0.3 is 14.8 Å². The lowest BCUT2D eigenvalue weighted by Crippen LogP contribution is -2.48. The molecule has 3 rings (SSSR count). The number of rotatable bonds is 4. The summed E-state index contributed by atoms with van der Waals surface area (Å²) in [6.45, 7) is 4.76. The average molecular weight is 426 g/mol. The second kappa shape index (κ2) is 8.68. The number of hydrogen-bond donors (Lipinski definition) is 1. The van der Waals surface area contributed by atoms with Gasteiger partial charge in [0.2, 0.25) is 15.9 Å². The molecule has 0 aromatic heterocycles. The van der Waals surface area contributed by atoms with Crippen LogP contribution in [0.15, 0.2) is 29.2 Å². The maximum Gasteiger partial charge on any atom is 0.410 e. The van der Waals surface area contributed by atoms with E-state index in [0.717, 1.165) is 6.42 Å². The minimum atomic E-state index is -3.64. The molecule has 160 valence electrons. The monoisotopic (exact) mass is 425 g/mol. The van der Waals surface area contributed by atoms with Crippen molar-refractivity contribution in [1.82, 2.24) is 9.21 Å². The molecular formula is C19H27N3O6S. The molecule has 1 aromatic rings. The molecule has 1 aromatic carbocycles. The first-order valence-electron chi connectivity index (χ1n) is 9.63. The van der Waals surface area contributed by atoms with E-state index in [0.29, 0.717) is 31.7 Å². The topological polar surface area (TPSA) is 105 Å². The minimum Gasteiger partial charge on any atom is -0.453 e. The molecule has 10 heteroatoms. The molecule has 9 nitrogen and oxygen atoms in total. The van der Waals surface area contributed by atoms with Gasteiger partial charge in [-0.1, -0.05) is 0 Å². The van der Waals surface area contributed by atoms with Gasteiger partial charge in [0, 0.05) is 25.3 Å². The van der Waals surface area contributed by atoms with Gasteiger partial charge in [-0.05, 0) is 51.0 Å². The molecule has 2 aliphatic heterocycles. The first-order valence-corrected chi connectivity index (χ1v) is 11.1. The van der Waals surface area contributed by atoms with E-state index in [1.54, 1.807) is 12.1 Å². The molecule has 2 heterocycles. The zero-order chi connectivity index (χ0) is 21.2. The van der Waals surface area contributed by atoms with Crippen molar-refractivity contribution >= 4 is 27.7 Å². The number of amides is 2. The molecule has 1 N–H and O–H groups in total. The lowest BCUT2D eigenvalue weighted by atomic mass is 10.2. The predicted octanol–water partition coefficient (Wildman–Crippen LogP) is 1.65. The largest absolute Gasteiger partial charge is 0.453 e. The molecule has 29 heavy (non-hydrogen) atoms. The number of likely N-dealkylation sites (tertiary alicyclic amines) is 1. The average Bonchev–Trinajstić information content (AvgIpc) is 3.17. The third-order valence-corrected chi connectivity index (χ3v) is 6.96. The summed E-state index contributed by atoms with van der Waals surface area (Å²) < 4.78 is 37.5. The zero-order valence-corrected chi connectivity index (χ0v) is 17.6. The molecule has 0 unspecified atom stereocenters. The highest BCUT2D eigenvalue weighted by Crippen LogP contribution is 2.24. The van der Waals surface area contributed by atoms with Crippen LogP contribution in [-0.4, -0.2) is 74.6 Å². The van der Waals surface area contributed by atoms with Gasteiger partial charge in [0.25, 0.3) is 0 Å². The molecular weight excluding hydrogens is 398 g/mol. The van der Waals surface area contributed by atoms with Gasteiger partial charge in [-0.15, -0.1) is 0 Å². The van der Waals surface area contributed by atoms with Crippen LogP contribution in [0.3, 0.4) is 0 Å². The van der Waals surface area contributed by atoms with Crippen molar-refractivity contribution in [3.05, 3.63) is 24.3 Å². The number of hydrogen-bond acceptors (Lipinski definition) is 6. The Morgan fingerprint density at radius 2 is 1.76 bits per heavy atom. The van der Waals surface area contributed by atoms with E-state index in [9.17, 15) is 18.0 Å². The van der Waals surface area contributed by atoms with Crippen LogP contribution in [0.25, 0.3) is 0 Å². The number of morpholine rings is 1. The van der Waals surface area contributed by atoms with Crippen molar-refractivity contribution in [2.24, 2.45) is 0 Å². The highest BCUT2D eigenvalue weighted by Gasteiger charge is 2.35. The normalized spacial score (nSPS) is 25.6. The Morgan fingerprint density at radius 3 is 2.34 bits per heavy atom. The summed E-state index contributed by atoms with van der Waals surface area (Å²) in [5.74, 6) is -0.320. The molecule has 2 fully saturated rings. The van der Waals surface area contributed by atoms with Gasteiger partial charge in [-0.3, -0.25) is 9.69 Å². The molecule has 0 bridgehead atoms. The smallest absolute Gasteiger partial charge is 0.410 e. The van der Waals surface area contributed by atoms with Crippen molar-refractivity contribution in [3.8, 4) is 0 Å². The summed E-state index contributed by atoms with van der Waals surface area (Å²) in [4.78, 5) is 25.9. The van der Waals surface area contributed by atoms with E-state index < -0.39 is 22.2 Å². The Hall–Kier alpha value is -2.17. The Bertz CT molecular complexity index is 847. The molecule has 2 amide bonds. The van der Waals surface area contributed by atoms with Crippen LogP contribution in [0, 0.1) is 0 Å². The maximum absolute atomic E-state index is 12.9. The summed E-state index contributed by atoms with van der Waals surface area (Å²) in [6.07, 6.45) is 0.409. The first-order chi connectivity index (χ1) is 13.7. The molecule has 2 saturated heterocycles. The molecule has 0 saturated carbocycles. The fraction of sp³-hybridized carbons (Fsp3) is 0.579. The molecule has 0 aliphatic carbocycles. The second-order valence-corrected chi connectivity index (χ2v) is 9.35. The number of nitrogens with one attached hydrogen (secondary N) is 1. The van der Waals surface area contributed by atoms with E-state index in [1.807, 2.05) is 13.8 Å². The first kappa shape index (κ1) is 21.5. The van der Waals surface area contributed by atoms with Gasteiger partial charge in [-0.2, -0.15) is 4.31 Å². The van der Waals surface area contributed by atoms with Crippen LogP contribution in [0.1, 0.15) is 26.7 Å². The summed E-state index contributed by atoms with van der Waals surface area (Å²) >= 11 is 0. The predicted molar refractivity (Wildman–Crippen MR) is 106 cm³/mol. The SMILES string of the molecule is COC(=O)N1CCC[C@H]1C(=O)Nc1ccc(S(=O)(=O)N2C[C@@H](C)O[C@@H](C)C2)cc1. The van der Waals surface area contributed by atoms with Crippen LogP contribution in [0.5, 0.6) is 0 Å². The number of nitrogens with zero attached hydrogens (tertiary/aromatic N) is 2. The minimum absolute atomic E-state index is 0.161. The van der Waals surface area contributed by atoms with Crippen molar-refractivity contribution in [2.75, 3.05) is 32.1 Å². The maximum atomic E-state index is 12.9. The zero-order valence-electron chi connectivity index (χ0n) is 16.8. The number of carbonyl (C=O) groups is 2. The summed E-state index contributed by atoms with van der Waals surface area (Å²) in [7, 11) is -2.36. The van der Waals surface area contributed by atoms with Crippen LogP contribution < -0.4 is 5.32 Å². The van der Waals surface area contributed by atoms with Crippen molar-refractivity contribution in [2.45, 2.75) is 49.8 Å². The van der Waals surface area contributed by atoms with Crippen LogP contribution in [-0.2, 0) is 24.3 Å². The fourth-order valence-corrected chi connectivity index (χ4v) is 5.38. The number of benzene rings is 1. The molecule has 3 atom stereocenters. The standard InChI is InChI=1S/C19H27N3O6S/c1-13-11-21(12-14(2)28-13)29(25,26)16-8-6-15(7-9-16)20-18(23)17-5-4-10-22(17)19(24)27-3/h6-9,13-14,17H,4-5,10-12H2,1-3H3,(H,20,23)/t13-,14+,17-/m0/s1. The summed E-state index contributed by atoms with van der Waals surface area (Å²) in [6, 6.07) is 5.46. The number of sulfonamides is 1. The van der Waals surface area contributed by atoms with Gasteiger partial charge in [0.05, 0.1) is 24.2 Å². The van der Waals surface area contributed by atoms with Crippen LogP contribution in [0.2, 0.25) is 0 Å². The number of methoxy groups -OCH3 is 1. The lowest BCUT2D eigenvalue weighted by Gasteiger charge is -2.34. The lowest BCUT2D eigenvalue weighted by molar-refractivity contribution is -0.119. The molecule has 0 spiro atoms. The number of carbonyl (C=O) groups excluding carboxylic acids is 2. The Labute approximate surface area is 171 Å². The van der Waals surface area contributed by atoms with E-state index >= 15 is 0 Å². The quantitative estimate of drug-likeness (QED) is 0.787. The molecule has 0 radical (unpaired) electrons. The Kier molecular flexibility index (Phi) is 6.45. The number of ether oxygens (including phenoxy) is 2. The number of anilines is 1. The Balaban J connectivity index is 1.68. The third-order valence-electron chi connectivity index (χ3n) is 5.11. The van der Waals surface area contributed by atoms with E-state index in [-0.39, 0.29) is 23.0 Å². The highest BCUT2D eigenvalue weighted by molar-refractivity contribution is 7.89. The van der Waals surface area contributed by atoms with Crippen molar-refractivity contribution in [1.29, 1.82) is 0 Å². The van der Waals surface area contributed by atoms with Crippen molar-refractivity contribution in [3.63, 3.8) is 0 Å². The third kappa shape index (κ3) is 4.71. The summed E-state index contributed by atoms with van der Waals surface area (Å²) in [5.41, 5.74) is 0.467. The summed E-state index contributed by atoms with van der Waals surface area (Å²) in [5, 5.41) is 2.75. The second-order valence-electron chi connectivity index (χ2n) is 7.41. The van der Waals surface area contributed by atoms with E-state index in [1.165, 1.54) is 28.4 Å². The van der Waals surface area contributed by atoms with Gasteiger partial charge >= 0.3 is 6.09 Å². The molecule has 2 aliphatic rings. The fourth-order valence-electron chi connectivity index (χ4n) is 3.79. The Morgan fingerprint density at radius 1 is 1.14 bits per heavy atom. The van der Waals surface area contributed by atoms with Gasteiger partial charge in [0.15, 0.2) is 0 Å². The van der Waals surface area contributed by atoms with E-state index in [2.05, 4.69) is 5.32 Å². The van der Waals surface area contributed by atoms with E-state index in [4.69, 9.17) is 9.47 Å². The van der Waals surface area contributed by atoms with Crippen molar-refractivity contribution < 1.29 is 27.5 Å². The van der Waals surface area contributed by atoms with Gasteiger partial charge in [-0.25, -0.2) is 13.2 Å². The van der Waals surface area contributed by atoms with Crippen LogP contribution in [0.4, 0.5) is 10.5 Å².